The molecule has 16 heavy (non-hydrogen) atoms. The lowest BCUT2D eigenvalue weighted by molar-refractivity contribution is -0.380. The third-order valence-corrected chi connectivity index (χ3v) is 2.43. The second-order valence-electron chi connectivity index (χ2n) is 3.28. The molecular weight excluding hydrogens is 254 g/mol. The monoisotopic (exact) mass is 264 g/mol. The highest BCUT2D eigenvalue weighted by molar-refractivity contribution is 7.86. The van der Waals surface area contributed by atoms with Crippen molar-refractivity contribution in [1.82, 2.24) is 0 Å². The lowest BCUT2D eigenvalue weighted by atomic mass is 10.1. The first kappa shape index (κ1) is 13.7. The summed E-state index contributed by atoms with van der Waals surface area (Å²) in [6.45, 7) is -1.04. The summed E-state index contributed by atoms with van der Waals surface area (Å²) in [4.78, 5) is 0. The molecule has 0 aromatic heterocycles. The van der Waals surface area contributed by atoms with Gasteiger partial charge in [-0.2, -0.15) is 17.2 Å². The Morgan fingerprint density at radius 1 is 1.50 bits per heavy atom. The van der Waals surface area contributed by atoms with Crippen molar-refractivity contribution in [3.63, 3.8) is 0 Å². The number of aliphatic hydroxyl groups is 3. The van der Waals surface area contributed by atoms with Crippen molar-refractivity contribution >= 4 is 10.1 Å². The maximum atomic E-state index is 13.2. The summed E-state index contributed by atoms with van der Waals surface area (Å²) in [5, 5.41) is 26.7. The molecule has 0 aliphatic carbocycles. The van der Waals surface area contributed by atoms with Crippen LogP contribution in [0.2, 0.25) is 0 Å². The molecule has 0 spiro atoms. The predicted molar refractivity (Wildman–Crippen MR) is 43.8 cm³/mol. The number of hydrogen-bond acceptors (Lipinski definition) is 7. The second kappa shape index (κ2) is 3.82. The number of aliphatic hydroxyl groups excluding tert-OH is 2. The number of alkyl halides is 2. The molecule has 0 unspecified atom stereocenters. The van der Waals surface area contributed by atoms with Crippen LogP contribution in [0.15, 0.2) is 0 Å². The van der Waals surface area contributed by atoms with E-state index in [1.807, 2.05) is 0 Å². The van der Waals surface area contributed by atoms with Crippen molar-refractivity contribution in [1.29, 1.82) is 0 Å². The maximum Gasteiger partial charge on any atom is 0.365 e. The second-order valence-corrected chi connectivity index (χ2v) is 4.85. The van der Waals surface area contributed by atoms with E-state index < -0.39 is 40.8 Å². The minimum atomic E-state index is -4.44. The third kappa shape index (κ3) is 2.17. The van der Waals surface area contributed by atoms with Crippen LogP contribution in [0.5, 0.6) is 0 Å². The largest absolute Gasteiger partial charge is 0.394 e. The van der Waals surface area contributed by atoms with E-state index in [2.05, 4.69) is 8.92 Å². The fourth-order valence-electron chi connectivity index (χ4n) is 1.19. The smallest absolute Gasteiger partial charge is 0.365 e. The van der Waals surface area contributed by atoms with Gasteiger partial charge in [0.05, 0.1) is 12.9 Å². The van der Waals surface area contributed by atoms with Gasteiger partial charge >= 0.3 is 11.9 Å². The van der Waals surface area contributed by atoms with E-state index in [9.17, 15) is 22.3 Å². The lowest BCUT2D eigenvalue weighted by Crippen LogP contribution is -2.52. The Morgan fingerprint density at radius 3 is 2.31 bits per heavy atom. The van der Waals surface area contributed by atoms with Crippen molar-refractivity contribution < 1.29 is 41.4 Å². The minimum Gasteiger partial charge on any atom is -0.394 e. The first-order valence-corrected chi connectivity index (χ1v) is 5.82. The van der Waals surface area contributed by atoms with Gasteiger partial charge in [-0.3, -0.25) is 0 Å². The van der Waals surface area contributed by atoms with Gasteiger partial charge < -0.3 is 20.1 Å². The molecule has 0 amide bonds. The summed E-state index contributed by atoms with van der Waals surface area (Å²) in [5.41, 5.74) is 0. The molecule has 1 aliphatic heterocycles. The molecule has 7 nitrogen and oxygen atoms in total. The van der Waals surface area contributed by atoms with Gasteiger partial charge in [0.2, 0.25) is 0 Å². The maximum absolute atomic E-state index is 13.2. The van der Waals surface area contributed by atoms with Gasteiger partial charge in [-0.25, -0.2) is 4.18 Å². The molecule has 1 saturated heterocycles. The molecule has 96 valence electrons. The summed E-state index contributed by atoms with van der Waals surface area (Å²) in [5.74, 6) is -8.20. The Hall–Kier alpha value is -0.390. The fraction of sp³-hybridized carbons (Fsp3) is 1.00. The molecule has 0 radical (unpaired) electrons. The highest BCUT2D eigenvalue weighted by Gasteiger charge is 2.71. The zero-order valence-electron chi connectivity index (χ0n) is 8.00. The van der Waals surface area contributed by atoms with E-state index in [-0.39, 0.29) is 0 Å². The van der Waals surface area contributed by atoms with E-state index in [0.29, 0.717) is 6.26 Å². The Morgan fingerprint density at radius 2 is 2.00 bits per heavy atom. The normalized spacial score (nSPS) is 38.9. The molecule has 1 aliphatic rings. The zero-order chi connectivity index (χ0) is 12.8. The predicted octanol–water partition coefficient (Wildman–Crippen LogP) is -2.00. The van der Waals surface area contributed by atoms with Crippen molar-refractivity contribution in [2.45, 2.75) is 24.1 Å². The van der Waals surface area contributed by atoms with Gasteiger partial charge in [0.1, 0.15) is 6.10 Å². The molecule has 1 heterocycles. The summed E-state index contributed by atoms with van der Waals surface area (Å²) >= 11 is 0. The van der Waals surface area contributed by atoms with Crippen LogP contribution in [-0.4, -0.2) is 60.7 Å². The summed E-state index contributed by atoms with van der Waals surface area (Å²) in [6.07, 6.45) is -4.01. The molecule has 0 bridgehead atoms. The van der Waals surface area contributed by atoms with Crippen molar-refractivity contribution in [3.8, 4) is 0 Å². The molecule has 3 atom stereocenters. The fourth-order valence-corrected chi connectivity index (χ4v) is 1.75. The molecular formula is C6H10F2O7S. The molecule has 3 N–H and O–H groups in total. The zero-order valence-corrected chi connectivity index (χ0v) is 8.82. The van der Waals surface area contributed by atoms with Crippen LogP contribution in [-0.2, 0) is 19.0 Å². The molecule has 0 aromatic carbocycles. The van der Waals surface area contributed by atoms with E-state index >= 15 is 0 Å². The number of ether oxygens (including phenoxy) is 1. The molecule has 1 rings (SSSR count). The Kier molecular flexibility index (Phi) is 3.27. The minimum absolute atomic E-state index is 0.420. The Labute approximate surface area is 89.3 Å². The summed E-state index contributed by atoms with van der Waals surface area (Å²) < 4.78 is 55.5. The van der Waals surface area contributed by atoms with Crippen LogP contribution < -0.4 is 0 Å². The number of hydrogen-bond donors (Lipinski definition) is 3. The van der Waals surface area contributed by atoms with E-state index in [1.54, 1.807) is 0 Å². The van der Waals surface area contributed by atoms with Crippen LogP contribution in [0.1, 0.15) is 0 Å². The molecule has 0 saturated carbocycles. The van der Waals surface area contributed by atoms with Gasteiger partial charge in [-0.15, -0.1) is 0 Å². The standard InChI is InChI=1S/C6H10F2O7S/c1-16(12,13)15-6(11)5(7,8)4(10)3(2-9)14-6/h3-4,9-11H,2H2,1H3/t3-,4-,6+/m1/s1. The Bertz CT molecular complexity index is 369. The Balaban J connectivity index is 3.05. The average Bonchev–Trinajstić information content (AvgIpc) is 2.23. The number of halogens is 2. The van der Waals surface area contributed by atoms with Crippen LogP contribution in [0, 0.1) is 0 Å². The van der Waals surface area contributed by atoms with Gasteiger partial charge in [0.15, 0.2) is 6.10 Å². The average molecular weight is 264 g/mol. The van der Waals surface area contributed by atoms with E-state index in [1.165, 1.54) is 0 Å². The van der Waals surface area contributed by atoms with Crippen LogP contribution in [0.3, 0.4) is 0 Å². The lowest BCUT2D eigenvalue weighted by Gasteiger charge is -2.26. The SMILES string of the molecule is CS(=O)(=O)O[C@@]1(O)O[C@H](CO)[C@@H](O)C1(F)F. The van der Waals surface area contributed by atoms with Crippen LogP contribution >= 0.6 is 0 Å². The molecule has 0 aromatic rings. The molecule has 10 heteroatoms. The summed E-state index contributed by atoms with van der Waals surface area (Å²) in [6, 6.07) is 0. The van der Waals surface area contributed by atoms with E-state index in [0.717, 1.165) is 0 Å². The van der Waals surface area contributed by atoms with Crippen LogP contribution in [0.4, 0.5) is 8.78 Å². The topological polar surface area (TPSA) is 113 Å². The van der Waals surface area contributed by atoms with Gasteiger partial charge in [0.25, 0.3) is 10.1 Å². The molecule has 1 fully saturated rings. The van der Waals surface area contributed by atoms with Gasteiger partial charge in [-0.05, 0) is 0 Å². The quantitative estimate of drug-likeness (QED) is 0.399. The first-order chi connectivity index (χ1) is 7.03. The third-order valence-electron chi connectivity index (χ3n) is 1.90. The first-order valence-electron chi connectivity index (χ1n) is 4.01. The van der Waals surface area contributed by atoms with Crippen molar-refractivity contribution in [3.05, 3.63) is 0 Å². The van der Waals surface area contributed by atoms with Gasteiger partial charge in [0, 0.05) is 0 Å². The summed E-state index contributed by atoms with van der Waals surface area (Å²) in [7, 11) is -4.44. The van der Waals surface area contributed by atoms with Crippen molar-refractivity contribution in [2.24, 2.45) is 0 Å². The number of rotatable bonds is 3. The van der Waals surface area contributed by atoms with E-state index in [4.69, 9.17) is 10.2 Å². The van der Waals surface area contributed by atoms with Crippen LogP contribution in [0.25, 0.3) is 0 Å². The van der Waals surface area contributed by atoms with Crippen molar-refractivity contribution in [2.75, 3.05) is 12.9 Å². The highest BCUT2D eigenvalue weighted by Crippen LogP contribution is 2.43. The highest BCUT2D eigenvalue weighted by atomic mass is 32.2. The van der Waals surface area contributed by atoms with Gasteiger partial charge in [-0.1, -0.05) is 0 Å².